The molecule has 98 valence electrons. The molecule has 2 rings (SSSR count). The number of piperidine rings is 1. The van der Waals surface area contributed by atoms with Gasteiger partial charge in [-0.05, 0) is 32.0 Å². The Kier molecular flexibility index (Phi) is 4.06. The Bertz CT molecular complexity index is 512. The first-order valence-corrected chi connectivity index (χ1v) is 7.48. The molecule has 0 amide bonds. The van der Waals surface area contributed by atoms with E-state index >= 15 is 0 Å². The van der Waals surface area contributed by atoms with Crippen molar-refractivity contribution in [3.63, 3.8) is 0 Å². The number of sulfone groups is 1. The third kappa shape index (κ3) is 2.59. The Morgan fingerprint density at radius 3 is 2.39 bits per heavy atom. The van der Waals surface area contributed by atoms with Gasteiger partial charge in [-0.1, -0.05) is 18.2 Å². The van der Waals surface area contributed by atoms with Crippen LogP contribution in [0.3, 0.4) is 0 Å². The lowest BCUT2D eigenvalue weighted by atomic mass is 9.80. The molecule has 1 aliphatic heterocycles. The summed E-state index contributed by atoms with van der Waals surface area (Å²) in [4.78, 5) is 0.0342. The predicted octanol–water partition coefficient (Wildman–Crippen LogP) is -1.11. The van der Waals surface area contributed by atoms with Crippen LogP contribution in [0.15, 0.2) is 29.2 Å². The summed E-state index contributed by atoms with van der Waals surface area (Å²) in [6.07, 6.45) is 1.11. The Balaban J connectivity index is 2.40. The van der Waals surface area contributed by atoms with Gasteiger partial charge in [-0.25, -0.2) is 8.42 Å². The molecule has 0 atom stereocenters. The van der Waals surface area contributed by atoms with Gasteiger partial charge >= 0.3 is 7.12 Å². The molecule has 1 heterocycles. The Morgan fingerprint density at radius 1 is 1.17 bits per heavy atom. The SMILES string of the molecule is O=S(=O)(c1ccccc1B(O)O)C1CCNCC1. The zero-order valence-corrected chi connectivity index (χ0v) is 10.7. The van der Waals surface area contributed by atoms with E-state index in [1.807, 2.05) is 0 Å². The lowest BCUT2D eigenvalue weighted by Gasteiger charge is -2.23. The molecule has 0 spiro atoms. The van der Waals surface area contributed by atoms with Crippen molar-refractivity contribution in [2.24, 2.45) is 0 Å². The van der Waals surface area contributed by atoms with Gasteiger partial charge in [-0.3, -0.25) is 0 Å². The quantitative estimate of drug-likeness (QED) is 0.606. The first-order chi connectivity index (χ1) is 8.53. The summed E-state index contributed by atoms with van der Waals surface area (Å²) in [7, 11) is -5.26. The van der Waals surface area contributed by atoms with Gasteiger partial charge in [0.1, 0.15) is 0 Å². The summed E-state index contributed by atoms with van der Waals surface area (Å²) in [5, 5.41) is 21.2. The van der Waals surface area contributed by atoms with Gasteiger partial charge in [0.2, 0.25) is 0 Å². The molecule has 7 heteroatoms. The number of hydrogen-bond acceptors (Lipinski definition) is 5. The van der Waals surface area contributed by atoms with Crippen LogP contribution in [-0.4, -0.2) is 43.9 Å². The number of nitrogens with one attached hydrogen (secondary N) is 1. The van der Waals surface area contributed by atoms with E-state index in [0.29, 0.717) is 25.9 Å². The monoisotopic (exact) mass is 269 g/mol. The van der Waals surface area contributed by atoms with Crippen molar-refractivity contribution >= 4 is 22.4 Å². The number of benzene rings is 1. The second-order valence-electron chi connectivity index (χ2n) is 4.41. The Hall–Kier alpha value is -0.885. The molecule has 18 heavy (non-hydrogen) atoms. The summed E-state index contributed by atoms with van der Waals surface area (Å²) < 4.78 is 24.9. The molecule has 5 nitrogen and oxygen atoms in total. The normalized spacial score (nSPS) is 17.7. The van der Waals surface area contributed by atoms with E-state index in [1.54, 1.807) is 12.1 Å². The molecule has 0 radical (unpaired) electrons. The summed E-state index contributed by atoms with van der Waals surface area (Å²) in [5.41, 5.74) is 0.0519. The fourth-order valence-electron chi connectivity index (χ4n) is 2.24. The van der Waals surface area contributed by atoms with Crippen LogP contribution in [-0.2, 0) is 9.84 Å². The molecular formula is C11H16BNO4S. The summed E-state index contributed by atoms with van der Waals surface area (Å²) in [6, 6.07) is 6.06. The van der Waals surface area contributed by atoms with Crippen molar-refractivity contribution in [3.05, 3.63) is 24.3 Å². The molecule has 0 aliphatic carbocycles. The van der Waals surface area contributed by atoms with Crippen molar-refractivity contribution in [2.45, 2.75) is 23.0 Å². The van der Waals surface area contributed by atoms with E-state index in [-0.39, 0.29) is 10.4 Å². The molecule has 0 aromatic heterocycles. The fraction of sp³-hybridized carbons (Fsp3) is 0.455. The highest BCUT2D eigenvalue weighted by atomic mass is 32.2. The van der Waals surface area contributed by atoms with E-state index in [4.69, 9.17) is 0 Å². The molecule has 0 saturated carbocycles. The summed E-state index contributed by atoms with van der Waals surface area (Å²) >= 11 is 0. The van der Waals surface area contributed by atoms with Crippen LogP contribution in [0.2, 0.25) is 0 Å². The second kappa shape index (κ2) is 5.40. The van der Waals surface area contributed by atoms with Gasteiger partial charge in [0.15, 0.2) is 9.84 Å². The van der Waals surface area contributed by atoms with Gasteiger partial charge in [0.25, 0.3) is 0 Å². The third-order valence-electron chi connectivity index (χ3n) is 3.23. The van der Waals surface area contributed by atoms with Gasteiger partial charge in [-0.2, -0.15) is 0 Å². The zero-order valence-electron chi connectivity index (χ0n) is 9.91. The molecule has 1 aromatic rings. The standard InChI is InChI=1S/C11H16BNO4S/c14-12(15)10-3-1-2-4-11(10)18(16,17)9-5-7-13-8-6-9/h1-4,9,13-15H,5-8H2. The van der Waals surface area contributed by atoms with Crippen molar-refractivity contribution in [2.75, 3.05) is 13.1 Å². The molecular weight excluding hydrogens is 253 g/mol. The van der Waals surface area contributed by atoms with E-state index in [9.17, 15) is 18.5 Å². The minimum Gasteiger partial charge on any atom is -0.423 e. The largest absolute Gasteiger partial charge is 0.489 e. The lowest BCUT2D eigenvalue weighted by molar-refractivity contribution is 0.424. The van der Waals surface area contributed by atoms with Crippen LogP contribution in [0, 0.1) is 0 Å². The van der Waals surface area contributed by atoms with Gasteiger partial charge in [0, 0.05) is 5.46 Å². The first kappa shape index (κ1) is 13.5. The first-order valence-electron chi connectivity index (χ1n) is 5.93. The molecule has 1 aliphatic rings. The molecule has 1 saturated heterocycles. The minimum absolute atomic E-state index is 0.0342. The highest BCUT2D eigenvalue weighted by Crippen LogP contribution is 2.21. The van der Waals surface area contributed by atoms with Crippen molar-refractivity contribution in [1.29, 1.82) is 0 Å². The molecule has 0 unspecified atom stereocenters. The summed E-state index contributed by atoms with van der Waals surface area (Å²) in [5.74, 6) is 0. The van der Waals surface area contributed by atoms with Crippen molar-refractivity contribution in [3.8, 4) is 0 Å². The maximum atomic E-state index is 12.5. The molecule has 1 aromatic carbocycles. The van der Waals surface area contributed by atoms with Crippen LogP contribution in [0.4, 0.5) is 0 Å². The van der Waals surface area contributed by atoms with Crippen LogP contribution >= 0.6 is 0 Å². The predicted molar refractivity (Wildman–Crippen MR) is 69.3 cm³/mol. The van der Waals surface area contributed by atoms with Crippen LogP contribution < -0.4 is 10.8 Å². The van der Waals surface area contributed by atoms with E-state index < -0.39 is 22.2 Å². The van der Waals surface area contributed by atoms with Crippen molar-refractivity contribution < 1.29 is 18.5 Å². The Labute approximate surface area is 107 Å². The van der Waals surface area contributed by atoms with Gasteiger partial charge < -0.3 is 15.4 Å². The highest BCUT2D eigenvalue weighted by Gasteiger charge is 2.32. The number of rotatable bonds is 3. The summed E-state index contributed by atoms with van der Waals surface area (Å²) in [6.45, 7) is 1.35. The highest BCUT2D eigenvalue weighted by molar-refractivity contribution is 7.92. The average Bonchev–Trinajstić information content (AvgIpc) is 2.39. The maximum absolute atomic E-state index is 12.5. The van der Waals surface area contributed by atoms with Crippen LogP contribution in [0.1, 0.15) is 12.8 Å². The maximum Gasteiger partial charge on any atom is 0.489 e. The van der Waals surface area contributed by atoms with E-state index in [2.05, 4.69) is 5.32 Å². The van der Waals surface area contributed by atoms with Crippen LogP contribution in [0.25, 0.3) is 0 Å². The fourth-order valence-corrected chi connectivity index (χ4v) is 4.22. The van der Waals surface area contributed by atoms with E-state index in [0.717, 1.165) is 0 Å². The molecule has 0 bridgehead atoms. The van der Waals surface area contributed by atoms with Gasteiger partial charge in [0.05, 0.1) is 10.1 Å². The Morgan fingerprint density at radius 2 is 1.78 bits per heavy atom. The van der Waals surface area contributed by atoms with Crippen LogP contribution in [0.5, 0.6) is 0 Å². The zero-order chi connectivity index (χ0) is 13.2. The minimum atomic E-state index is -3.50. The van der Waals surface area contributed by atoms with Gasteiger partial charge in [-0.15, -0.1) is 0 Å². The third-order valence-corrected chi connectivity index (χ3v) is 5.56. The smallest absolute Gasteiger partial charge is 0.423 e. The topological polar surface area (TPSA) is 86.6 Å². The van der Waals surface area contributed by atoms with E-state index in [1.165, 1.54) is 12.1 Å². The lowest BCUT2D eigenvalue weighted by Crippen LogP contribution is -2.40. The van der Waals surface area contributed by atoms with Crippen molar-refractivity contribution in [1.82, 2.24) is 5.32 Å². The average molecular weight is 269 g/mol. The molecule has 3 N–H and O–H groups in total. The number of hydrogen-bond donors (Lipinski definition) is 3. The molecule has 1 fully saturated rings. The second-order valence-corrected chi connectivity index (χ2v) is 6.60.